The maximum absolute atomic E-state index is 3.52. The summed E-state index contributed by atoms with van der Waals surface area (Å²) < 4.78 is 0. The van der Waals surface area contributed by atoms with Gasteiger partial charge in [-0.25, -0.2) is 0 Å². The summed E-state index contributed by atoms with van der Waals surface area (Å²) in [6, 6.07) is 30.0. The predicted octanol–water partition coefficient (Wildman–Crippen LogP) is 5.72. The van der Waals surface area contributed by atoms with Crippen LogP contribution in [0.15, 0.2) is 91.0 Å². The molecule has 0 spiro atoms. The zero-order chi connectivity index (χ0) is 16.6. The molecule has 0 saturated carbocycles. The summed E-state index contributed by atoms with van der Waals surface area (Å²) in [5, 5.41) is 3.52. The van der Waals surface area contributed by atoms with Crippen molar-refractivity contribution in [2.24, 2.45) is 0 Å². The summed E-state index contributed by atoms with van der Waals surface area (Å²) >= 11 is 0. The van der Waals surface area contributed by atoms with Crippen LogP contribution in [-0.2, 0) is 0 Å². The number of rotatable bonds is 6. The van der Waals surface area contributed by atoms with Gasteiger partial charge in [0.2, 0.25) is 0 Å². The molecule has 0 aliphatic heterocycles. The molecule has 3 aromatic carbocycles. The molecular formula is C23H23N. The molecule has 0 amide bonds. The molecule has 24 heavy (non-hydrogen) atoms. The van der Waals surface area contributed by atoms with Gasteiger partial charge < -0.3 is 5.32 Å². The largest absolute Gasteiger partial charge is 0.307 e. The van der Waals surface area contributed by atoms with Crippen molar-refractivity contribution in [1.82, 2.24) is 5.32 Å². The Balaban J connectivity index is 1.54. The van der Waals surface area contributed by atoms with Crippen molar-refractivity contribution >= 4 is 6.08 Å². The monoisotopic (exact) mass is 313 g/mol. The molecule has 3 rings (SSSR count). The lowest BCUT2D eigenvalue weighted by atomic mass is 10.0. The fourth-order valence-corrected chi connectivity index (χ4v) is 2.72. The van der Waals surface area contributed by atoms with E-state index in [4.69, 9.17) is 0 Å². The normalized spacial score (nSPS) is 12.4. The van der Waals surface area contributed by atoms with E-state index in [9.17, 15) is 0 Å². The van der Waals surface area contributed by atoms with Gasteiger partial charge >= 0.3 is 0 Å². The summed E-state index contributed by atoms with van der Waals surface area (Å²) in [6.45, 7) is 3.05. The van der Waals surface area contributed by atoms with E-state index < -0.39 is 0 Å². The average Bonchev–Trinajstić information content (AvgIpc) is 2.67. The highest BCUT2D eigenvalue weighted by molar-refractivity contribution is 5.65. The Kier molecular flexibility index (Phi) is 5.60. The van der Waals surface area contributed by atoms with Crippen molar-refractivity contribution in [3.8, 4) is 11.1 Å². The van der Waals surface area contributed by atoms with Crippen LogP contribution in [0.5, 0.6) is 0 Å². The van der Waals surface area contributed by atoms with Crippen molar-refractivity contribution in [3.05, 3.63) is 102 Å². The molecule has 0 fully saturated rings. The third-order valence-corrected chi connectivity index (χ3v) is 4.17. The van der Waals surface area contributed by atoms with Gasteiger partial charge in [0, 0.05) is 12.6 Å². The van der Waals surface area contributed by atoms with E-state index in [-0.39, 0.29) is 0 Å². The molecule has 0 heterocycles. The molecular weight excluding hydrogens is 290 g/mol. The number of hydrogen-bond donors (Lipinski definition) is 1. The Morgan fingerprint density at radius 2 is 1.33 bits per heavy atom. The van der Waals surface area contributed by atoms with Gasteiger partial charge in [0.1, 0.15) is 0 Å². The average molecular weight is 313 g/mol. The highest BCUT2D eigenvalue weighted by Crippen LogP contribution is 2.19. The highest BCUT2D eigenvalue weighted by atomic mass is 14.9. The second-order valence-corrected chi connectivity index (χ2v) is 5.93. The first kappa shape index (κ1) is 16.2. The van der Waals surface area contributed by atoms with E-state index in [1.807, 2.05) is 6.07 Å². The van der Waals surface area contributed by atoms with Gasteiger partial charge in [-0.3, -0.25) is 0 Å². The first-order chi connectivity index (χ1) is 11.8. The Morgan fingerprint density at radius 1 is 0.750 bits per heavy atom. The van der Waals surface area contributed by atoms with Crippen LogP contribution >= 0.6 is 0 Å². The summed E-state index contributed by atoms with van der Waals surface area (Å²) in [6.07, 6.45) is 4.34. The van der Waals surface area contributed by atoms with Crippen molar-refractivity contribution in [3.63, 3.8) is 0 Å². The molecule has 1 nitrogen and oxygen atoms in total. The molecule has 0 aromatic heterocycles. The van der Waals surface area contributed by atoms with Crippen LogP contribution in [0.1, 0.15) is 24.1 Å². The van der Waals surface area contributed by atoms with E-state index in [0.29, 0.717) is 6.04 Å². The van der Waals surface area contributed by atoms with Crippen LogP contribution < -0.4 is 5.32 Å². The third kappa shape index (κ3) is 4.43. The van der Waals surface area contributed by atoms with Gasteiger partial charge in [-0.05, 0) is 29.2 Å². The minimum absolute atomic E-state index is 0.358. The second kappa shape index (κ2) is 8.28. The standard InChI is InChI=1S/C23H23N/c1-19(21-10-4-2-5-11-21)24-18-8-9-20-14-16-23(17-15-20)22-12-6-3-7-13-22/h2-17,19,24H,18H2,1H3. The lowest BCUT2D eigenvalue weighted by Gasteiger charge is -2.12. The molecule has 0 aliphatic carbocycles. The van der Waals surface area contributed by atoms with Crippen LogP contribution in [-0.4, -0.2) is 6.54 Å². The zero-order valence-corrected chi connectivity index (χ0v) is 14.0. The molecule has 0 radical (unpaired) electrons. The lowest BCUT2D eigenvalue weighted by molar-refractivity contribution is 0.618. The smallest absolute Gasteiger partial charge is 0.0294 e. The van der Waals surface area contributed by atoms with Gasteiger partial charge in [0.25, 0.3) is 0 Å². The molecule has 1 unspecified atom stereocenters. The molecule has 1 N–H and O–H groups in total. The molecule has 0 bridgehead atoms. The van der Waals surface area contributed by atoms with Crippen LogP contribution in [0.2, 0.25) is 0 Å². The molecule has 3 aromatic rings. The van der Waals surface area contributed by atoms with E-state index in [1.54, 1.807) is 0 Å². The van der Waals surface area contributed by atoms with Gasteiger partial charge in [0.05, 0.1) is 0 Å². The fourth-order valence-electron chi connectivity index (χ4n) is 2.72. The van der Waals surface area contributed by atoms with Crippen LogP contribution in [0.4, 0.5) is 0 Å². The van der Waals surface area contributed by atoms with Crippen LogP contribution in [0.25, 0.3) is 17.2 Å². The Morgan fingerprint density at radius 3 is 2.00 bits per heavy atom. The molecule has 1 atom stereocenters. The summed E-state index contributed by atoms with van der Waals surface area (Å²) in [5.41, 5.74) is 5.05. The fraction of sp³-hybridized carbons (Fsp3) is 0.130. The van der Waals surface area contributed by atoms with Crippen molar-refractivity contribution in [2.45, 2.75) is 13.0 Å². The van der Waals surface area contributed by atoms with Gasteiger partial charge in [-0.1, -0.05) is 97.1 Å². The van der Waals surface area contributed by atoms with E-state index in [0.717, 1.165) is 6.54 Å². The maximum atomic E-state index is 3.52. The molecule has 120 valence electrons. The molecule has 0 aliphatic rings. The zero-order valence-electron chi connectivity index (χ0n) is 14.0. The number of hydrogen-bond acceptors (Lipinski definition) is 1. The predicted molar refractivity (Wildman–Crippen MR) is 104 cm³/mol. The number of nitrogens with one attached hydrogen (secondary N) is 1. The van der Waals surface area contributed by atoms with E-state index in [2.05, 4.69) is 103 Å². The topological polar surface area (TPSA) is 12.0 Å². The summed E-state index contributed by atoms with van der Waals surface area (Å²) in [7, 11) is 0. The van der Waals surface area contributed by atoms with Gasteiger partial charge in [-0.2, -0.15) is 0 Å². The first-order valence-corrected chi connectivity index (χ1v) is 8.43. The van der Waals surface area contributed by atoms with E-state index in [1.165, 1.54) is 22.3 Å². The summed E-state index contributed by atoms with van der Waals surface area (Å²) in [4.78, 5) is 0. The quantitative estimate of drug-likeness (QED) is 0.614. The maximum Gasteiger partial charge on any atom is 0.0294 e. The van der Waals surface area contributed by atoms with Crippen LogP contribution in [0.3, 0.4) is 0 Å². The minimum atomic E-state index is 0.358. The van der Waals surface area contributed by atoms with Crippen molar-refractivity contribution in [1.29, 1.82) is 0 Å². The highest BCUT2D eigenvalue weighted by Gasteiger charge is 2.01. The SMILES string of the molecule is CC(NCC=Cc1ccc(-c2ccccc2)cc1)c1ccccc1. The Labute approximate surface area is 144 Å². The van der Waals surface area contributed by atoms with Crippen molar-refractivity contribution < 1.29 is 0 Å². The van der Waals surface area contributed by atoms with Gasteiger partial charge in [0.15, 0.2) is 0 Å². The van der Waals surface area contributed by atoms with E-state index >= 15 is 0 Å². The minimum Gasteiger partial charge on any atom is -0.307 e. The summed E-state index contributed by atoms with van der Waals surface area (Å²) in [5.74, 6) is 0. The van der Waals surface area contributed by atoms with Crippen molar-refractivity contribution in [2.75, 3.05) is 6.54 Å². The molecule has 0 saturated heterocycles. The lowest BCUT2D eigenvalue weighted by Crippen LogP contribution is -2.18. The van der Waals surface area contributed by atoms with Crippen LogP contribution in [0, 0.1) is 0 Å². The number of benzene rings is 3. The molecule has 1 heteroatoms. The Hall–Kier alpha value is -2.64. The Bertz CT molecular complexity index is 758. The third-order valence-electron chi connectivity index (χ3n) is 4.17. The first-order valence-electron chi connectivity index (χ1n) is 8.43. The van der Waals surface area contributed by atoms with Gasteiger partial charge in [-0.15, -0.1) is 0 Å². The second-order valence-electron chi connectivity index (χ2n) is 5.93.